The zero-order valence-corrected chi connectivity index (χ0v) is 14.1. The molecule has 126 valence electrons. The number of aliphatic carboxylic acids is 1. The SMILES string of the molecule is CCc1ccc2nc(F)cc(C3=CCC(C(C)C(=O)O)CC3)c2c1. The van der Waals surface area contributed by atoms with E-state index in [0.717, 1.165) is 42.2 Å². The highest BCUT2D eigenvalue weighted by Crippen LogP contribution is 2.36. The van der Waals surface area contributed by atoms with E-state index in [1.807, 2.05) is 12.1 Å². The minimum atomic E-state index is -0.746. The summed E-state index contributed by atoms with van der Waals surface area (Å²) in [5.74, 6) is -1.41. The smallest absolute Gasteiger partial charge is 0.306 e. The largest absolute Gasteiger partial charge is 0.481 e. The van der Waals surface area contributed by atoms with Crippen LogP contribution in [0.4, 0.5) is 4.39 Å². The molecule has 0 saturated carbocycles. The Morgan fingerprint density at radius 3 is 2.83 bits per heavy atom. The molecule has 1 aromatic heterocycles. The normalized spacial score (nSPS) is 19.1. The van der Waals surface area contributed by atoms with E-state index in [2.05, 4.69) is 24.1 Å². The number of nitrogens with zero attached hydrogens (tertiary/aromatic N) is 1. The number of hydrogen-bond donors (Lipinski definition) is 1. The first-order valence-electron chi connectivity index (χ1n) is 8.51. The molecule has 4 heteroatoms. The molecule has 0 amide bonds. The predicted octanol–water partition coefficient (Wildman–Crippen LogP) is 4.84. The Morgan fingerprint density at radius 2 is 2.21 bits per heavy atom. The fraction of sp³-hybridized carbons (Fsp3) is 0.400. The van der Waals surface area contributed by atoms with Gasteiger partial charge in [0.05, 0.1) is 11.4 Å². The molecule has 1 N–H and O–H groups in total. The van der Waals surface area contributed by atoms with E-state index in [-0.39, 0.29) is 11.8 Å². The van der Waals surface area contributed by atoms with E-state index < -0.39 is 11.9 Å². The standard InChI is InChI=1S/C20H22FNO2/c1-3-13-4-9-18-17(10-13)16(11-19(21)22-18)15-7-5-14(6-8-15)12(2)20(23)24/h4,7,9-12,14H,3,5-6,8H2,1-2H3,(H,23,24). The number of benzene rings is 1. The van der Waals surface area contributed by atoms with Gasteiger partial charge in [-0.1, -0.05) is 26.0 Å². The average molecular weight is 327 g/mol. The van der Waals surface area contributed by atoms with E-state index in [0.29, 0.717) is 5.52 Å². The van der Waals surface area contributed by atoms with Gasteiger partial charge >= 0.3 is 5.97 Å². The molecule has 3 rings (SSSR count). The van der Waals surface area contributed by atoms with Crippen molar-refractivity contribution in [3.05, 3.63) is 47.4 Å². The van der Waals surface area contributed by atoms with Crippen molar-refractivity contribution in [2.75, 3.05) is 0 Å². The second kappa shape index (κ2) is 6.71. The number of fused-ring (bicyclic) bond motifs is 1. The van der Waals surface area contributed by atoms with E-state index >= 15 is 0 Å². The summed E-state index contributed by atoms with van der Waals surface area (Å²) in [7, 11) is 0. The van der Waals surface area contributed by atoms with Gasteiger partial charge in [0, 0.05) is 11.5 Å². The lowest BCUT2D eigenvalue weighted by Crippen LogP contribution is -2.22. The van der Waals surface area contributed by atoms with Gasteiger partial charge in [0.25, 0.3) is 0 Å². The van der Waals surface area contributed by atoms with Gasteiger partial charge in [-0.15, -0.1) is 0 Å². The number of rotatable bonds is 4. The highest BCUT2D eigenvalue weighted by atomic mass is 19.1. The Labute approximate surface area is 141 Å². The number of hydrogen-bond acceptors (Lipinski definition) is 2. The number of carboxylic acids is 1. The van der Waals surface area contributed by atoms with Crippen LogP contribution in [0.15, 0.2) is 30.3 Å². The summed E-state index contributed by atoms with van der Waals surface area (Å²) in [5.41, 5.74) is 3.87. The number of carboxylic acid groups (broad SMARTS) is 1. The number of aryl methyl sites for hydroxylation is 1. The molecule has 1 aromatic carbocycles. The van der Waals surface area contributed by atoms with Crippen molar-refractivity contribution in [1.29, 1.82) is 0 Å². The third kappa shape index (κ3) is 3.18. The van der Waals surface area contributed by atoms with Gasteiger partial charge in [-0.2, -0.15) is 4.39 Å². The van der Waals surface area contributed by atoms with Gasteiger partial charge in [0.15, 0.2) is 0 Å². The maximum absolute atomic E-state index is 13.9. The fourth-order valence-corrected chi connectivity index (χ4v) is 3.48. The zero-order valence-electron chi connectivity index (χ0n) is 14.1. The van der Waals surface area contributed by atoms with Crippen LogP contribution in [0.25, 0.3) is 16.5 Å². The molecule has 2 atom stereocenters. The van der Waals surface area contributed by atoms with Gasteiger partial charge in [0.1, 0.15) is 0 Å². The summed E-state index contributed by atoms with van der Waals surface area (Å²) in [4.78, 5) is 15.2. The first-order chi connectivity index (χ1) is 11.5. The van der Waals surface area contributed by atoms with Crippen molar-refractivity contribution in [3.8, 4) is 0 Å². The van der Waals surface area contributed by atoms with Crippen LogP contribution < -0.4 is 0 Å². The molecule has 0 spiro atoms. The molecule has 1 aliphatic carbocycles. The molecule has 3 nitrogen and oxygen atoms in total. The predicted molar refractivity (Wildman–Crippen MR) is 93.2 cm³/mol. The van der Waals surface area contributed by atoms with E-state index in [1.54, 1.807) is 6.92 Å². The van der Waals surface area contributed by atoms with E-state index in [1.165, 1.54) is 11.6 Å². The minimum absolute atomic E-state index is 0.149. The van der Waals surface area contributed by atoms with Crippen LogP contribution >= 0.6 is 0 Å². The monoisotopic (exact) mass is 327 g/mol. The number of halogens is 1. The van der Waals surface area contributed by atoms with Crippen LogP contribution in [0.2, 0.25) is 0 Å². The van der Waals surface area contributed by atoms with Gasteiger partial charge in [-0.3, -0.25) is 4.79 Å². The topological polar surface area (TPSA) is 50.2 Å². The summed E-state index contributed by atoms with van der Waals surface area (Å²) in [5, 5.41) is 10.2. The van der Waals surface area contributed by atoms with Crippen molar-refractivity contribution in [2.24, 2.45) is 11.8 Å². The van der Waals surface area contributed by atoms with Crippen molar-refractivity contribution in [3.63, 3.8) is 0 Å². The van der Waals surface area contributed by atoms with Crippen LogP contribution in [0.5, 0.6) is 0 Å². The molecule has 0 bridgehead atoms. The highest BCUT2D eigenvalue weighted by Gasteiger charge is 2.26. The van der Waals surface area contributed by atoms with Crippen LogP contribution in [0.3, 0.4) is 0 Å². The molecule has 0 fully saturated rings. The molecule has 2 aromatic rings. The maximum atomic E-state index is 13.9. The summed E-state index contributed by atoms with van der Waals surface area (Å²) in [6.45, 7) is 3.86. The number of aromatic nitrogens is 1. The van der Waals surface area contributed by atoms with Crippen LogP contribution in [-0.2, 0) is 11.2 Å². The summed E-state index contributed by atoms with van der Waals surface area (Å²) in [6, 6.07) is 7.45. The van der Waals surface area contributed by atoms with Crippen molar-refractivity contribution >= 4 is 22.4 Å². The lowest BCUT2D eigenvalue weighted by Gasteiger charge is -2.25. The van der Waals surface area contributed by atoms with Gasteiger partial charge < -0.3 is 5.11 Å². The van der Waals surface area contributed by atoms with Gasteiger partial charge in [0.2, 0.25) is 5.95 Å². The van der Waals surface area contributed by atoms with Gasteiger partial charge in [-0.25, -0.2) is 4.98 Å². The quantitative estimate of drug-likeness (QED) is 0.817. The zero-order chi connectivity index (χ0) is 17.3. The Morgan fingerprint density at radius 1 is 1.42 bits per heavy atom. The van der Waals surface area contributed by atoms with E-state index in [4.69, 9.17) is 0 Å². The average Bonchev–Trinajstić information content (AvgIpc) is 2.60. The molecule has 0 saturated heterocycles. The number of carbonyl (C=O) groups is 1. The van der Waals surface area contributed by atoms with Crippen LogP contribution in [0, 0.1) is 17.8 Å². The Kier molecular flexibility index (Phi) is 4.65. The third-order valence-electron chi connectivity index (χ3n) is 5.14. The van der Waals surface area contributed by atoms with Crippen molar-refractivity contribution < 1.29 is 14.3 Å². The lowest BCUT2D eigenvalue weighted by molar-refractivity contribution is -0.143. The summed E-state index contributed by atoms with van der Waals surface area (Å²) < 4.78 is 13.9. The second-order valence-corrected chi connectivity index (χ2v) is 6.59. The molecule has 1 heterocycles. The van der Waals surface area contributed by atoms with Crippen LogP contribution in [0.1, 0.15) is 44.2 Å². The van der Waals surface area contributed by atoms with Gasteiger partial charge in [-0.05, 0) is 60.4 Å². The van der Waals surface area contributed by atoms with Crippen LogP contribution in [-0.4, -0.2) is 16.1 Å². The molecular formula is C20H22FNO2. The lowest BCUT2D eigenvalue weighted by atomic mass is 9.79. The third-order valence-corrected chi connectivity index (χ3v) is 5.14. The molecular weight excluding hydrogens is 305 g/mol. The Balaban J connectivity index is 1.99. The molecule has 0 radical (unpaired) electrons. The first kappa shape index (κ1) is 16.6. The summed E-state index contributed by atoms with van der Waals surface area (Å²) in [6.07, 6.45) is 5.32. The molecule has 2 unspecified atom stereocenters. The Bertz CT molecular complexity index is 813. The fourth-order valence-electron chi connectivity index (χ4n) is 3.48. The Hall–Kier alpha value is -2.23. The number of pyridine rings is 1. The molecule has 1 aliphatic rings. The van der Waals surface area contributed by atoms with E-state index in [9.17, 15) is 14.3 Å². The van der Waals surface area contributed by atoms with Crippen molar-refractivity contribution in [1.82, 2.24) is 4.98 Å². The second-order valence-electron chi connectivity index (χ2n) is 6.59. The highest BCUT2D eigenvalue weighted by molar-refractivity contribution is 5.92. The minimum Gasteiger partial charge on any atom is -0.481 e. The first-order valence-corrected chi connectivity index (χ1v) is 8.51. The summed E-state index contributed by atoms with van der Waals surface area (Å²) >= 11 is 0. The molecule has 24 heavy (non-hydrogen) atoms. The van der Waals surface area contributed by atoms with Crippen molar-refractivity contribution in [2.45, 2.75) is 39.5 Å². The number of allylic oxidation sites excluding steroid dienone is 2. The maximum Gasteiger partial charge on any atom is 0.306 e. The molecule has 0 aliphatic heterocycles.